The molecule has 1 aliphatic rings. The molecule has 0 radical (unpaired) electrons. The first-order chi connectivity index (χ1) is 16.7. The van der Waals surface area contributed by atoms with E-state index in [9.17, 15) is 9.59 Å². The molecule has 2 aromatic carbocycles. The number of amides is 1. The van der Waals surface area contributed by atoms with E-state index in [4.69, 9.17) is 27.9 Å². The highest BCUT2D eigenvalue weighted by molar-refractivity contribution is 6.42. The first-order valence-electron chi connectivity index (χ1n) is 11.3. The molecule has 4 rings (SSSR count). The Hall–Kier alpha value is -2.91. The van der Waals surface area contributed by atoms with Crippen LogP contribution in [0.4, 0.5) is 19.3 Å². The van der Waals surface area contributed by atoms with E-state index in [0.29, 0.717) is 0 Å². The average Bonchev–Trinajstić information content (AvgIpc) is 2.73. The third-order valence-electron chi connectivity index (χ3n) is 5.88. The van der Waals surface area contributed by atoms with Crippen LogP contribution in [0.25, 0.3) is 10.9 Å². The van der Waals surface area contributed by atoms with Gasteiger partial charge in [-0.05, 0) is 58.9 Å². The van der Waals surface area contributed by atoms with Gasteiger partial charge < -0.3 is 15.0 Å². The number of carbonyl (C=O) groups is 1. The Morgan fingerprint density at radius 2 is 1.83 bits per heavy atom. The van der Waals surface area contributed by atoms with E-state index in [1.165, 1.54) is 40.1 Å². The van der Waals surface area contributed by atoms with Gasteiger partial charge in [-0.2, -0.15) is 0 Å². The van der Waals surface area contributed by atoms with Crippen LogP contribution in [0.5, 0.6) is 0 Å². The smallest absolute Gasteiger partial charge is 0.410 e. The number of ether oxygens (including phenoxy) is 1. The highest BCUT2D eigenvalue weighted by Crippen LogP contribution is 2.43. The maximum Gasteiger partial charge on any atom is 0.410 e. The quantitative estimate of drug-likeness (QED) is 0.405. The molecule has 1 amide bonds. The molecule has 11 heteroatoms. The number of nitrogens with zero attached hydrogens (tertiary/aromatic N) is 3. The van der Waals surface area contributed by atoms with Gasteiger partial charge in [0.2, 0.25) is 0 Å². The summed E-state index contributed by atoms with van der Waals surface area (Å²) in [7, 11) is 0. The van der Waals surface area contributed by atoms with E-state index in [2.05, 4.69) is 10.3 Å². The number of anilines is 1. The van der Waals surface area contributed by atoms with Crippen molar-refractivity contribution in [3.05, 3.63) is 68.2 Å². The van der Waals surface area contributed by atoms with Gasteiger partial charge in [0.1, 0.15) is 22.5 Å². The molecule has 0 spiro atoms. The van der Waals surface area contributed by atoms with Gasteiger partial charge in [0.25, 0.3) is 5.56 Å². The van der Waals surface area contributed by atoms with Crippen LogP contribution in [0, 0.1) is 11.6 Å². The molecular weight excluding hydrogens is 513 g/mol. The Bertz CT molecular complexity index is 1410. The van der Waals surface area contributed by atoms with Gasteiger partial charge in [0.15, 0.2) is 5.82 Å². The van der Waals surface area contributed by atoms with Crippen molar-refractivity contribution < 1.29 is 18.3 Å². The first kappa shape index (κ1) is 26.2. The summed E-state index contributed by atoms with van der Waals surface area (Å²) in [6, 6.07) is 4.95. The molecule has 1 N–H and O–H groups in total. The number of nitrogens with one attached hydrogen (secondary N) is 1. The number of hydrogen-bond acceptors (Lipinski definition) is 5. The summed E-state index contributed by atoms with van der Waals surface area (Å²) in [5.74, 6) is -1.37. The second kappa shape index (κ2) is 9.19. The van der Waals surface area contributed by atoms with Gasteiger partial charge in [-0.3, -0.25) is 9.36 Å². The fourth-order valence-electron chi connectivity index (χ4n) is 4.25. The fourth-order valence-corrected chi connectivity index (χ4v) is 4.74. The Balaban J connectivity index is 1.80. The zero-order valence-corrected chi connectivity index (χ0v) is 22.0. The van der Waals surface area contributed by atoms with Crippen molar-refractivity contribution in [2.45, 2.75) is 51.8 Å². The molecule has 1 aliphatic heterocycles. The predicted octanol–water partition coefficient (Wildman–Crippen LogP) is 6.12. The minimum absolute atomic E-state index is 0.0295. The molecule has 36 heavy (non-hydrogen) atoms. The number of hydrogen-bond donors (Lipinski definition) is 1. The second-order valence-corrected chi connectivity index (χ2v) is 11.0. The van der Waals surface area contributed by atoms with Crippen LogP contribution >= 0.6 is 23.2 Å². The molecule has 7 nitrogen and oxygen atoms in total. The number of fused-ring (bicyclic) bond motifs is 1. The number of likely N-dealkylation sites (tertiary alicyclic amines) is 1. The molecular formula is C25H26Cl2F2N4O3. The monoisotopic (exact) mass is 538 g/mol. The van der Waals surface area contributed by atoms with E-state index in [-0.39, 0.29) is 51.3 Å². The molecule has 1 aromatic heterocycles. The lowest BCUT2D eigenvalue weighted by atomic mass is 9.81. The molecule has 2 heterocycles. The van der Waals surface area contributed by atoms with Crippen LogP contribution in [0.15, 0.2) is 35.4 Å². The molecule has 192 valence electrons. The Morgan fingerprint density at radius 3 is 2.44 bits per heavy atom. The van der Waals surface area contributed by atoms with Gasteiger partial charge in [0.05, 0.1) is 34.8 Å². The lowest BCUT2D eigenvalue weighted by Gasteiger charge is -2.51. The van der Waals surface area contributed by atoms with Crippen molar-refractivity contribution in [2.75, 3.05) is 18.4 Å². The number of carbonyl (C=O) groups excluding carboxylic acids is 1. The molecule has 0 unspecified atom stereocenters. The van der Waals surface area contributed by atoms with Crippen LogP contribution in [0.3, 0.4) is 0 Å². The maximum atomic E-state index is 15.1. The number of aromatic nitrogens is 2. The van der Waals surface area contributed by atoms with Crippen molar-refractivity contribution in [1.82, 2.24) is 14.5 Å². The summed E-state index contributed by atoms with van der Waals surface area (Å²) >= 11 is 12.6. The third-order valence-corrected chi connectivity index (χ3v) is 6.68. The average molecular weight is 539 g/mol. The van der Waals surface area contributed by atoms with Gasteiger partial charge in [-0.15, -0.1) is 0 Å². The van der Waals surface area contributed by atoms with Crippen molar-refractivity contribution in [3.63, 3.8) is 0 Å². The van der Waals surface area contributed by atoms with Crippen molar-refractivity contribution in [2.24, 2.45) is 0 Å². The number of benzene rings is 2. The van der Waals surface area contributed by atoms with Gasteiger partial charge in [0, 0.05) is 17.3 Å². The summed E-state index contributed by atoms with van der Waals surface area (Å²) < 4.78 is 37.0. The topological polar surface area (TPSA) is 76.5 Å². The zero-order chi connectivity index (χ0) is 26.6. The molecule has 0 atom stereocenters. The van der Waals surface area contributed by atoms with E-state index in [1.807, 2.05) is 13.8 Å². The van der Waals surface area contributed by atoms with E-state index < -0.39 is 34.4 Å². The SMILES string of the molecule is CC(C)n1cnc2c(F)cc(NC3(c4c(F)ccc(Cl)c4Cl)CN(C(=O)OC(C)(C)C)C3)cc2c1=O. The van der Waals surface area contributed by atoms with Crippen LogP contribution < -0.4 is 10.9 Å². The minimum Gasteiger partial charge on any atom is -0.444 e. The predicted molar refractivity (Wildman–Crippen MR) is 136 cm³/mol. The standard InChI is InChI=1S/C25H26Cl2F2N4O3/c1-13(2)33-12-30-21-15(22(33)34)8-14(9-18(21)29)31-25(19-17(28)7-6-16(26)20(19)27)10-32(11-25)23(35)36-24(3,4)5/h6-9,12-13,31H,10-11H2,1-5H3. The van der Waals surface area contributed by atoms with Gasteiger partial charge >= 0.3 is 6.09 Å². The summed E-state index contributed by atoms with van der Waals surface area (Å²) in [6.45, 7) is 8.75. The summed E-state index contributed by atoms with van der Waals surface area (Å²) in [4.78, 5) is 31.1. The van der Waals surface area contributed by atoms with Crippen LogP contribution in [-0.4, -0.2) is 39.2 Å². The second-order valence-electron chi connectivity index (χ2n) is 10.2. The van der Waals surface area contributed by atoms with Crippen LogP contribution in [0.1, 0.15) is 46.2 Å². The molecule has 1 saturated heterocycles. The summed E-state index contributed by atoms with van der Waals surface area (Å²) in [6.07, 6.45) is 0.714. The first-order valence-corrected chi connectivity index (χ1v) is 12.1. The van der Waals surface area contributed by atoms with Crippen molar-refractivity contribution in [3.8, 4) is 0 Å². The lowest BCUT2D eigenvalue weighted by Crippen LogP contribution is -2.66. The highest BCUT2D eigenvalue weighted by atomic mass is 35.5. The summed E-state index contributed by atoms with van der Waals surface area (Å²) in [5, 5.41) is 3.28. The largest absolute Gasteiger partial charge is 0.444 e. The van der Waals surface area contributed by atoms with E-state index in [0.717, 1.165) is 0 Å². The third kappa shape index (κ3) is 4.74. The van der Waals surface area contributed by atoms with Crippen molar-refractivity contribution in [1.29, 1.82) is 0 Å². The molecule has 0 aliphatic carbocycles. The van der Waals surface area contributed by atoms with Gasteiger partial charge in [-0.1, -0.05) is 23.2 Å². The normalized spacial score (nSPS) is 15.2. The summed E-state index contributed by atoms with van der Waals surface area (Å²) in [5.41, 5.74) is -2.26. The zero-order valence-electron chi connectivity index (χ0n) is 20.5. The van der Waals surface area contributed by atoms with Crippen LogP contribution in [-0.2, 0) is 10.3 Å². The van der Waals surface area contributed by atoms with Crippen molar-refractivity contribution >= 4 is 45.9 Å². The van der Waals surface area contributed by atoms with E-state index in [1.54, 1.807) is 20.8 Å². The van der Waals surface area contributed by atoms with Crippen LogP contribution in [0.2, 0.25) is 10.0 Å². The number of rotatable bonds is 4. The number of halogens is 4. The fraction of sp³-hybridized carbons (Fsp3) is 0.400. The minimum atomic E-state index is -1.26. The van der Waals surface area contributed by atoms with Gasteiger partial charge in [-0.25, -0.2) is 18.6 Å². The molecule has 1 fully saturated rings. The Kier molecular flexibility index (Phi) is 6.68. The Morgan fingerprint density at radius 1 is 1.17 bits per heavy atom. The Labute approximate surface area is 217 Å². The highest BCUT2D eigenvalue weighted by Gasteiger charge is 2.51. The molecule has 0 bridgehead atoms. The van der Waals surface area contributed by atoms with E-state index >= 15 is 8.78 Å². The maximum absolute atomic E-state index is 15.1. The lowest BCUT2D eigenvalue weighted by molar-refractivity contribution is -0.00535. The molecule has 3 aromatic rings. The molecule has 0 saturated carbocycles.